The van der Waals surface area contributed by atoms with Crippen LogP contribution < -0.4 is 4.90 Å². The summed E-state index contributed by atoms with van der Waals surface area (Å²) in [6.07, 6.45) is -8.22. The van der Waals surface area contributed by atoms with Gasteiger partial charge in [-0.3, -0.25) is 4.79 Å². The molecule has 32 heavy (non-hydrogen) atoms. The number of carbonyl (C=O) groups is 1. The summed E-state index contributed by atoms with van der Waals surface area (Å²) in [6, 6.07) is 8.58. The van der Waals surface area contributed by atoms with Crippen LogP contribution in [-0.2, 0) is 17.1 Å². The predicted molar refractivity (Wildman–Crippen MR) is 107 cm³/mol. The fourth-order valence-electron chi connectivity index (χ4n) is 4.28. The van der Waals surface area contributed by atoms with E-state index >= 15 is 0 Å². The highest BCUT2D eigenvalue weighted by atomic mass is 19.4. The molecule has 0 spiro atoms. The molecule has 0 aromatic heterocycles. The van der Waals surface area contributed by atoms with E-state index in [4.69, 9.17) is 0 Å². The van der Waals surface area contributed by atoms with Gasteiger partial charge in [-0.1, -0.05) is 18.2 Å². The van der Waals surface area contributed by atoms with Gasteiger partial charge >= 0.3 is 12.4 Å². The van der Waals surface area contributed by atoms with Gasteiger partial charge in [-0.25, -0.2) is 0 Å². The van der Waals surface area contributed by atoms with E-state index in [1.165, 1.54) is 18.2 Å². The number of rotatable bonds is 3. The molecule has 1 aliphatic heterocycles. The summed E-state index contributed by atoms with van der Waals surface area (Å²) in [6.45, 7) is 3.39. The first-order valence-electron chi connectivity index (χ1n) is 10.3. The molecule has 0 N–H and O–H groups in total. The number of alkyl halides is 6. The van der Waals surface area contributed by atoms with Crippen LogP contribution in [0.5, 0.6) is 0 Å². The highest BCUT2D eigenvalue weighted by Crippen LogP contribution is 2.49. The van der Waals surface area contributed by atoms with Crippen LogP contribution in [0.4, 0.5) is 32.0 Å². The minimum Gasteiger partial charge on any atom is -0.368 e. The van der Waals surface area contributed by atoms with Crippen LogP contribution in [0, 0.1) is 12.8 Å². The maximum Gasteiger partial charge on any atom is 0.416 e. The van der Waals surface area contributed by atoms with Crippen molar-refractivity contribution in [3.63, 3.8) is 0 Å². The molecule has 2 aromatic rings. The lowest BCUT2D eigenvalue weighted by atomic mass is 10.1. The monoisotopic (exact) mass is 456 g/mol. The number of aryl methyl sites for hydroxylation is 1. The maximum atomic E-state index is 13.1. The average Bonchev–Trinajstić information content (AvgIpc) is 3.53. The van der Waals surface area contributed by atoms with E-state index < -0.39 is 23.5 Å². The van der Waals surface area contributed by atoms with Gasteiger partial charge in [0.2, 0.25) is 5.91 Å². The molecular weight excluding hydrogens is 434 g/mol. The smallest absolute Gasteiger partial charge is 0.368 e. The highest BCUT2D eigenvalue weighted by molar-refractivity contribution is 5.83. The van der Waals surface area contributed by atoms with Crippen molar-refractivity contribution in [2.45, 2.75) is 31.6 Å². The minimum absolute atomic E-state index is 0.0460. The number of nitrogens with zero attached hydrogens (tertiary/aromatic N) is 2. The van der Waals surface area contributed by atoms with Crippen LogP contribution >= 0.6 is 0 Å². The number of benzene rings is 2. The molecule has 2 atom stereocenters. The standard InChI is InChI=1S/C23H22F6N2O/c1-14-2-5-17(23(27,28)29)12-20(14)30-8-10-31(11-9-30)21(32)19-13-18(19)15-3-6-16(7-4-15)22(24,25)26/h2-7,12,18-19H,8-11,13H2,1H3/t18-,19?/m0/s1. The van der Waals surface area contributed by atoms with Gasteiger partial charge in [-0.05, 0) is 54.7 Å². The molecule has 3 nitrogen and oxygen atoms in total. The van der Waals surface area contributed by atoms with Crippen molar-refractivity contribution in [1.82, 2.24) is 4.90 Å². The van der Waals surface area contributed by atoms with E-state index in [-0.39, 0.29) is 17.7 Å². The second kappa shape index (κ2) is 8.01. The molecule has 1 heterocycles. The molecule has 172 valence electrons. The molecule has 2 aliphatic rings. The Hall–Kier alpha value is -2.71. The van der Waals surface area contributed by atoms with Crippen molar-refractivity contribution in [2.24, 2.45) is 5.92 Å². The fraction of sp³-hybridized carbons (Fsp3) is 0.435. The lowest BCUT2D eigenvalue weighted by Crippen LogP contribution is -2.49. The van der Waals surface area contributed by atoms with Crippen LogP contribution in [0.1, 0.15) is 34.6 Å². The Balaban J connectivity index is 1.36. The summed E-state index contributed by atoms with van der Waals surface area (Å²) in [5.74, 6) is -0.391. The third-order valence-corrected chi connectivity index (χ3v) is 6.24. The van der Waals surface area contributed by atoms with Crippen molar-refractivity contribution in [2.75, 3.05) is 31.1 Å². The lowest BCUT2D eigenvalue weighted by molar-refractivity contribution is -0.138. The molecular formula is C23H22F6N2O. The number of hydrogen-bond acceptors (Lipinski definition) is 2. The zero-order valence-corrected chi connectivity index (χ0v) is 17.3. The first kappa shape index (κ1) is 22.5. The largest absolute Gasteiger partial charge is 0.416 e. The van der Waals surface area contributed by atoms with Crippen LogP contribution in [0.2, 0.25) is 0 Å². The van der Waals surface area contributed by atoms with Gasteiger partial charge in [0.1, 0.15) is 0 Å². The number of anilines is 1. The van der Waals surface area contributed by atoms with Gasteiger partial charge in [0.05, 0.1) is 11.1 Å². The second-order valence-electron chi connectivity index (χ2n) is 8.38. The molecule has 2 aromatic carbocycles. The summed E-state index contributed by atoms with van der Waals surface area (Å²) >= 11 is 0. The molecule has 2 fully saturated rings. The number of hydrogen-bond donors (Lipinski definition) is 0. The predicted octanol–water partition coefficient (Wildman–Crippen LogP) is 5.48. The van der Waals surface area contributed by atoms with Crippen molar-refractivity contribution < 1.29 is 31.1 Å². The molecule has 9 heteroatoms. The molecule has 1 saturated heterocycles. The van der Waals surface area contributed by atoms with Crippen LogP contribution in [0.3, 0.4) is 0 Å². The third kappa shape index (κ3) is 4.56. The summed E-state index contributed by atoms with van der Waals surface area (Å²) in [5, 5.41) is 0. The van der Waals surface area contributed by atoms with Crippen molar-refractivity contribution in [3.05, 3.63) is 64.7 Å². The summed E-state index contributed by atoms with van der Waals surface area (Å²) in [7, 11) is 0. The highest BCUT2D eigenvalue weighted by Gasteiger charge is 2.46. The molecule has 1 saturated carbocycles. The Morgan fingerprint density at radius 1 is 0.844 bits per heavy atom. The minimum atomic E-state index is -4.42. The zero-order chi connectivity index (χ0) is 23.3. The quantitative estimate of drug-likeness (QED) is 0.571. The normalized spacial score (nSPS) is 21.6. The Bertz CT molecular complexity index is 991. The van der Waals surface area contributed by atoms with Gasteiger partial charge in [0.25, 0.3) is 0 Å². The SMILES string of the molecule is Cc1ccc(C(F)(F)F)cc1N1CCN(C(=O)C2C[C@H]2c2ccc(C(F)(F)F)cc2)CC1. The topological polar surface area (TPSA) is 23.6 Å². The number of halogens is 6. The van der Waals surface area contributed by atoms with Gasteiger partial charge < -0.3 is 9.80 Å². The summed E-state index contributed by atoms with van der Waals surface area (Å²) in [4.78, 5) is 16.4. The second-order valence-corrected chi connectivity index (χ2v) is 8.38. The van der Waals surface area contributed by atoms with Crippen LogP contribution in [0.15, 0.2) is 42.5 Å². The number of carbonyl (C=O) groups excluding carboxylic acids is 1. The molecule has 1 amide bonds. The maximum absolute atomic E-state index is 13.1. The molecule has 0 radical (unpaired) electrons. The van der Waals surface area contributed by atoms with E-state index in [1.807, 2.05) is 4.90 Å². The third-order valence-electron chi connectivity index (χ3n) is 6.24. The fourth-order valence-corrected chi connectivity index (χ4v) is 4.28. The van der Waals surface area contributed by atoms with Gasteiger partial charge in [0, 0.05) is 37.8 Å². The molecule has 0 bridgehead atoms. The van der Waals surface area contributed by atoms with Crippen molar-refractivity contribution in [1.29, 1.82) is 0 Å². The van der Waals surface area contributed by atoms with E-state index in [1.54, 1.807) is 11.8 Å². The Labute approximate surface area is 181 Å². The first-order valence-corrected chi connectivity index (χ1v) is 10.3. The van der Waals surface area contributed by atoms with Crippen molar-refractivity contribution >= 4 is 11.6 Å². The molecule has 4 rings (SSSR count). The van der Waals surface area contributed by atoms with E-state index in [0.29, 0.717) is 38.3 Å². The zero-order valence-electron chi connectivity index (χ0n) is 17.3. The van der Waals surface area contributed by atoms with E-state index in [0.717, 1.165) is 35.4 Å². The van der Waals surface area contributed by atoms with Crippen molar-refractivity contribution in [3.8, 4) is 0 Å². The summed E-state index contributed by atoms with van der Waals surface area (Å²) in [5.41, 5.74) is 0.553. The van der Waals surface area contributed by atoms with Crippen LogP contribution in [-0.4, -0.2) is 37.0 Å². The molecule has 1 unspecified atom stereocenters. The number of amides is 1. The van der Waals surface area contributed by atoms with Gasteiger partial charge in [-0.2, -0.15) is 26.3 Å². The summed E-state index contributed by atoms with van der Waals surface area (Å²) < 4.78 is 77.4. The van der Waals surface area contributed by atoms with E-state index in [9.17, 15) is 31.1 Å². The lowest BCUT2D eigenvalue weighted by Gasteiger charge is -2.37. The van der Waals surface area contributed by atoms with Crippen LogP contribution in [0.25, 0.3) is 0 Å². The first-order chi connectivity index (χ1) is 14.9. The molecule has 1 aliphatic carbocycles. The average molecular weight is 456 g/mol. The van der Waals surface area contributed by atoms with Gasteiger partial charge in [0.15, 0.2) is 0 Å². The van der Waals surface area contributed by atoms with E-state index in [2.05, 4.69) is 0 Å². The van der Waals surface area contributed by atoms with Gasteiger partial charge in [-0.15, -0.1) is 0 Å². The Kier molecular flexibility index (Phi) is 5.63. The number of piperazine rings is 1. The Morgan fingerprint density at radius 3 is 1.97 bits per heavy atom. The Morgan fingerprint density at radius 2 is 1.41 bits per heavy atom.